The molecule has 1 saturated heterocycles. The third-order valence-corrected chi connectivity index (χ3v) is 7.72. The molecular weight excluding hydrogens is 474 g/mol. The summed E-state index contributed by atoms with van der Waals surface area (Å²) in [6.07, 6.45) is 7.47. The number of methoxy groups -OCH3 is 5. The number of hydrogen-bond acceptors (Lipinski definition) is 7. The van der Waals surface area contributed by atoms with Gasteiger partial charge in [-0.1, -0.05) is 12.8 Å². The van der Waals surface area contributed by atoms with E-state index in [1.807, 2.05) is 23.1 Å². The number of aliphatic hydroxyl groups is 1. The average molecular weight is 512 g/mol. The van der Waals surface area contributed by atoms with Gasteiger partial charge in [0.25, 0.3) is 0 Å². The number of piperidine rings is 1. The topological polar surface area (TPSA) is 86.7 Å². The van der Waals surface area contributed by atoms with Gasteiger partial charge < -0.3 is 33.7 Å². The second kappa shape index (κ2) is 11.3. The van der Waals surface area contributed by atoms with Crippen molar-refractivity contribution in [1.82, 2.24) is 4.90 Å². The maximum Gasteiger partial charge on any atom is 0.247 e. The van der Waals surface area contributed by atoms with Gasteiger partial charge in [0.05, 0.1) is 47.2 Å². The molecule has 1 aliphatic carbocycles. The summed E-state index contributed by atoms with van der Waals surface area (Å²) in [4.78, 5) is 15.6. The fourth-order valence-corrected chi connectivity index (χ4v) is 5.84. The van der Waals surface area contributed by atoms with E-state index in [9.17, 15) is 9.90 Å². The van der Waals surface area contributed by atoms with Crippen molar-refractivity contribution >= 4 is 12.0 Å². The molecule has 0 spiro atoms. The number of rotatable bonds is 8. The van der Waals surface area contributed by atoms with Crippen LogP contribution >= 0.6 is 0 Å². The summed E-state index contributed by atoms with van der Waals surface area (Å²) in [6.45, 7) is 0.450. The first-order chi connectivity index (χ1) is 17.9. The SMILES string of the molecule is COc1ccc([C@H]2[C@@H]3CCCC[C@@]3(O)CCN2C(=O)/C=C/c2cc(OC)c(OC)c(OC)c2)c(OC)c1. The van der Waals surface area contributed by atoms with Crippen molar-refractivity contribution < 1.29 is 33.6 Å². The molecule has 1 amide bonds. The van der Waals surface area contributed by atoms with Crippen LogP contribution in [0.25, 0.3) is 6.08 Å². The Labute approximate surface area is 218 Å². The summed E-state index contributed by atoms with van der Waals surface area (Å²) in [5.41, 5.74) is 0.820. The van der Waals surface area contributed by atoms with E-state index in [1.165, 1.54) is 0 Å². The lowest BCUT2D eigenvalue weighted by Gasteiger charge is -2.52. The van der Waals surface area contributed by atoms with Crippen molar-refractivity contribution in [3.8, 4) is 28.7 Å². The normalized spacial score (nSPS) is 23.4. The van der Waals surface area contributed by atoms with Gasteiger partial charge in [0, 0.05) is 30.2 Å². The van der Waals surface area contributed by atoms with E-state index in [-0.39, 0.29) is 17.9 Å². The molecule has 8 heteroatoms. The van der Waals surface area contributed by atoms with Gasteiger partial charge in [-0.3, -0.25) is 4.79 Å². The van der Waals surface area contributed by atoms with Gasteiger partial charge in [0.2, 0.25) is 11.7 Å². The second-order valence-corrected chi connectivity index (χ2v) is 9.58. The van der Waals surface area contributed by atoms with Crippen LogP contribution in [-0.2, 0) is 4.79 Å². The van der Waals surface area contributed by atoms with Crippen LogP contribution in [0.15, 0.2) is 36.4 Å². The molecule has 0 unspecified atom stereocenters. The molecule has 200 valence electrons. The zero-order valence-corrected chi connectivity index (χ0v) is 22.3. The molecule has 3 atom stereocenters. The molecule has 37 heavy (non-hydrogen) atoms. The maximum atomic E-state index is 13.7. The minimum absolute atomic E-state index is 0.0872. The number of carbonyl (C=O) groups excluding carboxylic acids is 1. The monoisotopic (exact) mass is 511 g/mol. The van der Waals surface area contributed by atoms with Gasteiger partial charge in [-0.15, -0.1) is 0 Å². The van der Waals surface area contributed by atoms with Crippen LogP contribution in [0.4, 0.5) is 0 Å². The van der Waals surface area contributed by atoms with Crippen molar-refractivity contribution in [3.05, 3.63) is 47.5 Å². The van der Waals surface area contributed by atoms with Crippen molar-refractivity contribution in [1.29, 1.82) is 0 Å². The molecule has 4 rings (SSSR count). The molecule has 0 aromatic heterocycles. The number of amides is 1. The molecule has 1 saturated carbocycles. The van der Waals surface area contributed by atoms with E-state index in [0.29, 0.717) is 41.7 Å². The quantitative estimate of drug-likeness (QED) is 0.517. The Morgan fingerprint density at radius 3 is 2.24 bits per heavy atom. The summed E-state index contributed by atoms with van der Waals surface area (Å²) >= 11 is 0. The maximum absolute atomic E-state index is 13.7. The van der Waals surface area contributed by atoms with Gasteiger partial charge in [-0.05, 0) is 55.2 Å². The highest BCUT2D eigenvalue weighted by Crippen LogP contribution is 2.51. The fourth-order valence-electron chi connectivity index (χ4n) is 5.84. The van der Waals surface area contributed by atoms with E-state index >= 15 is 0 Å². The van der Waals surface area contributed by atoms with Crippen LogP contribution in [0.3, 0.4) is 0 Å². The van der Waals surface area contributed by atoms with Gasteiger partial charge >= 0.3 is 0 Å². The van der Waals surface area contributed by atoms with Crippen LogP contribution < -0.4 is 23.7 Å². The number of nitrogens with zero attached hydrogens (tertiary/aromatic N) is 1. The predicted molar refractivity (Wildman–Crippen MR) is 141 cm³/mol. The molecule has 2 aliphatic rings. The van der Waals surface area contributed by atoms with Gasteiger partial charge in [0.15, 0.2) is 11.5 Å². The van der Waals surface area contributed by atoms with Gasteiger partial charge in [-0.25, -0.2) is 0 Å². The lowest BCUT2D eigenvalue weighted by molar-refractivity contribution is -0.151. The zero-order chi connectivity index (χ0) is 26.6. The molecular formula is C29H37NO7. The Morgan fingerprint density at radius 2 is 1.62 bits per heavy atom. The van der Waals surface area contributed by atoms with E-state index in [0.717, 1.165) is 36.8 Å². The lowest BCUT2D eigenvalue weighted by Crippen LogP contribution is -2.56. The largest absolute Gasteiger partial charge is 0.497 e. The van der Waals surface area contributed by atoms with Crippen LogP contribution in [0, 0.1) is 5.92 Å². The van der Waals surface area contributed by atoms with Crippen LogP contribution in [0.1, 0.15) is 49.3 Å². The molecule has 8 nitrogen and oxygen atoms in total. The Hall–Kier alpha value is -3.39. The third-order valence-electron chi connectivity index (χ3n) is 7.72. The van der Waals surface area contributed by atoms with E-state index in [2.05, 4.69) is 0 Å². The summed E-state index contributed by atoms with van der Waals surface area (Å²) in [5.74, 6) is 2.62. The fraction of sp³-hybridized carbons (Fsp3) is 0.483. The van der Waals surface area contributed by atoms with Crippen molar-refractivity contribution in [2.75, 3.05) is 42.1 Å². The summed E-state index contributed by atoms with van der Waals surface area (Å²) in [5, 5.41) is 11.6. The first-order valence-electron chi connectivity index (χ1n) is 12.6. The van der Waals surface area contributed by atoms with Crippen LogP contribution in [0.5, 0.6) is 28.7 Å². The molecule has 1 aliphatic heterocycles. The zero-order valence-electron chi connectivity index (χ0n) is 22.3. The average Bonchev–Trinajstić information content (AvgIpc) is 2.93. The minimum atomic E-state index is -0.801. The van der Waals surface area contributed by atoms with E-state index in [1.54, 1.807) is 59.8 Å². The molecule has 2 aromatic rings. The Kier molecular flexibility index (Phi) is 8.17. The van der Waals surface area contributed by atoms with Gasteiger partial charge in [-0.2, -0.15) is 0 Å². The van der Waals surface area contributed by atoms with E-state index < -0.39 is 5.60 Å². The van der Waals surface area contributed by atoms with Crippen molar-refractivity contribution in [2.45, 2.75) is 43.7 Å². The van der Waals surface area contributed by atoms with Crippen LogP contribution in [0.2, 0.25) is 0 Å². The number of fused-ring (bicyclic) bond motifs is 1. The number of likely N-dealkylation sites (tertiary alicyclic amines) is 1. The highest BCUT2D eigenvalue weighted by molar-refractivity contribution is 5.92. The Balaban J connectivity index is 1.70. The van der Waals surface area contributed by atoms with Crippen LogP contribution in [-0.4, -0.2) is 63.6 Å². The standard InChI is InChI=1S/C29H37NO7/c1-33-20-10-11-21(23(18-20)34-2)27-22-8-6-7-13-29(22,32)14-15-30(27)26(31)12-9-19-16-24(35-3)28(37-5)25(17-19)36-4/h9-12,16-18,22,27,32H,6-8,13-15H2,1-5H3/b12-9+/t22-,27-,29+/m0/s1. The predicted octanol–water partition coefficient (Wildman–Crippen LogP) is 4.64. The Bertz CT molecular complexity index is 1120. The van der Waals surface area contributed by atoms with Crippen molar-refractivity contribution in [2.24, 2.45) is 5.92 Å². The first kappa shape index (κ1) is 26.7. The number of benzene rings is 2. The Morgan fingerprint density at radius 1 is 0.919 bits per heavy atom. The molecule has 2 aromatic carbocycles. The molecule has 1 N–H and O–H groups in total. The van der Waals surface area contributed by atoms with Gasteiger partial charge in [0.1, 0.15) is 11.5 Å². The molecule has 0 radical (unpaired) electrons. The third kappa shape index (κ3) is 5.21. The summed E-state index contributed by atoms with van der Waals surface area (Å²) in [6, 6.07) is 8.93. The second-order valence-electron chi connectivity index (χ2n) is 9.58. The number of ether oxygens (including phenoxy) is 5. The minimum Gasteiger partial charge on any atom is -0.497 e. The summed E-state index contributed by atoms with van der Waals surface area (Å²) in [7, 11) is 7.89. The highest BCUT2D eigenvalue weighted by Gasteiger charge is 2.50. The summed E-state index contributed by atoms with van der Waals surface area (Å²) < 4.78 is 27.4. The number of carbonyl (C=O) groups is 1. The lowest BCUT2D eigenvalue weighted by atomic mass is 9.66. The van der Waals surface area contributed by atoms with E-state index in [4.69, 9.17) is 23.7 Å². The molecule has 1 heterocycles. The molecule has 0 bridgehead atoms. The molecule has 2 fully saturated rings. The number of hydrogen-bond donors (Lipinski definition) is 1. The smallest absolute Gasteiger partial charge is 0.247 e. The van der Waals surface area contributed by atoms with Crippen molar-refractivity contribution in [3.63, 3.8) is 0 Å². The highest BCUT2D eigenvalue weighted by atomic mass is 16.5. The first-order valence-corrected chi connectivity index (χ1v) is 12.6.